The first-order chi connectivity index (χ1) is 18.6. The van der Waals surface area contributed by atoms with Crippen LogP contribution < -0.4 is 15.4 Å². The Morgan fingerprint density at radius 1 is 1.08 bits per heavy atom. The minimum absolute atomic E-state index is 0.212. The number of piperidine rings is 1. The van der Waals surface area contributed by atoms with E-state index in [2.05, 4.69) is 51.8 Å². The SMILES string of the molecule is Cc1ccc2c(CC(=O)[C@H]3C[C@H]3C)cccc2c1Oc1ncccc1-c1ccnc(N[C@H]2CCCNC2)n1. The lowest BCUT2D eigenvalue weighted by Crippen LogP contribution is -2.38. The fourth-order valence-electron chi connectivity index (χ4n) is 5.38. The van der Waals surface area contributed by atoms with E-state index >= 15 is 0 Å². The summed E-state index contributed by atoms with van der Waals surface area (Å²) < 4.78 is 6.55. The molecular formula is C31H33N5O2. The molecule has 7 nitrogen and oxygen atoms in total. The number of fused-ring (bicyclic) bond motifs is 1. The predicted molar refractivity (Wildman–Crippen MR) is 150 cm³/mol. The van der Waals surface area contributed by atoms with Gasteiger partial charge < -0.3 is 15.4 Å². The summed E-state index contributed by atoms with van der Waals surface area (Å²) in [4.78, 5) is 26.6. The van der Waals surface area contributed by atoms with Gasteiger partial charge >= 0.3 is 0 Å². The Morgan fingerprint density at radius 2 is 1.97 bits per heavy atom. The van der Waals surface area contributed by atoms with E-state index in [1.807, 2.05) is 31.2 Å². The molecule has 6 rings (SSSR count). The third-order valence-electron chi connectivity index (χ3n) is 7.72. The molecule has 7 heteroatoms. The van der Waals surface area contributed by atoms with Crippen molar-refractivity contribution in [3.8, 4) is 22.9 Å². The van der Waals surface area contributed by atoms with E-state index in [0.717, 1.165) is 71.3 Å². The summed E-state index contributed by atoms with van der Waals surface area (Å²) in [6.45, 7) is 6.14. The summed E-state index contributed by atoms with van der Waals surface area (Å²) in [6.07, 6.45) is 7.20. The molecule has 1 aliphatic heterocycles. The maximum atomic E-state index is 12.8. The second-order valence-corrected chi connectivity index (χ2v) is 10.6. The molecule has 0 amide bonds. The van der Waals surface area contributed by atoms with E-state index in [9.17, 15) is 4.79 Å². The quantitative estimate of drug-likeness (QED) is 0.315. The molecule has 1 saturated heterocycles. The monoisotopic (exact) mass is 507 g/mol. The van der Waals surface area contributed by atoms with Crippen LogP contribution in [-0.4, -0.2) is 39.9 Å². The van der Waals surface area contributed by atoms with Crippen LogP contribution in [-0.2, 0) is 11.2 Å². The third-order valence-corrected chi connectivity index (χ3v) is 7.72. The number of rotatable bonds is 8. The smallest absolute Gasteiger partial charge is 0.228 e. The summed E-state index contributed by atoms with van der Waals surface area (Å²) in [6, 6.07) is 16.3. The van der Waals surface area contributed by atoms with E-state index in [-0.39, 0.29) is 5.92 Å². The van der Waals surface area contributed by atoms with Gasteiger partial charge in [0.1, 0.15) is 11.5 Å². The lowest BCUT2D eigenvalue weighted by atomic mass is 9.96. The van der Waals surface area contributed by atoms with Gasteiger partial charge in [-0.05, 0) is 73.4 Å². The molecule has 3 atom stereocenters. The van der Waals surface area contributed by atoms with Crippen LogP contribution in [0.5, 0.6) is 11.6 Å². The van der Waals surface area contributed by atoms with Crippen molar-refractivity contribution in [3.05, 3.63) is 72.1 Å². The molecule has 0 unspecified atom stereocenters. The fraction of sp³-hybridized carbons (Fsp3) is 0.355. The molecular weight excluding hydrogens is 474 g/mol. The Bertz CT molecular complexity index is 1480. The number of aromatic nitrogens is 3. The normalized spacial score (nSPS) is 20.7. The standard InChI is InChI=1S/C31H33N5O2/c1-19-10-11-23-21(17-28(37)26-16-20(26)2)6-3-8-24(23)29(19)38-30-25(9-5-14-33-30)27-12-15-34-31(36-27)35-22-7-4-13-32-18-22/h3,5-6,8-12,14-15,20,22,26,32H,4,7,13,16-18H2,1-2H3,(H,34,35,36)/t20-,22+,26+/m1/s1. The number of nitrogens with one attached hydrogen (secondary N) is 2. The Kier molecular flexibility index (Phi) is 6.77. The molecule has 2 aromatic heterocycles. The van der Waals surface area contributed by atoms with Crippen molar-refractivity contribution in [1.29, 1.82) is 0 Å². The van der Waals surface area contributed by atoms with Crippen LogP contribution in [0.1, 0.15) is 37.3 Å². The molecule has 2 fully saturated rings. The average Bonchev–Trinajstić information content (AvgIpc) is 3.68. The van der Waals surface area contributed by atoms with Crippen LogP contribution in [0.4, 0.5) is 5.95 Å². The number of hydrogen-bond acceptors (Lipinski definition) is 7. The van der Waals surface area contributed by atoms with Gasteiger partial charge in [-0.1, -0.05) is 37.3 Å². The Morgan fingerprint density at radius 3 is 2.79 bits per heavy atom. The van der Waals surface area contributed by atoms with Crippen molar-refractivity contribution in [2.75, 3.05) is 18.4 Å². The van der Waals surface area contributed by atoms with Crippen molar-refractivity contribution >= 4 is 22.5 Å². The van der Waals surface area contributed by atoms with Crippen molar-refractivity contribution in [1.82, 2.24) is 20.3 Å². The van der Waals surface area contributed by atoms with Gasteiger partial charge in [-0.2, -0.15) is 0 Å². The van der Waals surface area contributed by atoms with Crippen LogP contribution in [0.25, 0.3) is 22.0 Å². The number of pyridine rings is 1. The minimum Gasteiger partial charge on any atom is -0.437 e. The number of hydrogen-bond donors (Lipinski definition) is 2. The van der Waals surface area contributed by atoms with Crippen LogP contribution in [0.15, 0.2) is 60.9 Å². The second kappa shape index (κ2) is 10.5. The number of Topliss-reactive ketones (excluding diaryl/α,β-unsaturated/α-hetero) is 1. The van der Waals surface area contributed by atoms with Gasteiger partial charge in [0.2, 0.25) is 11.8 Å². The van der Waals surface area contributed by atoms with Crippen LogP contribution >= 0.6 is 0 Å². The Labute approximate surface area is 223 Å². The molecule has 0 radical (unpaired) electrons. The Balaban J connectivity index is 1.31. The highest BCUT2D eigenvalue weighted by molar-refractivity contribution is 5.96. The molecule has 1 aliphatic carbocycles. The molecule has 4 aromatic rings. The summed E-state index contributed by atoms with van der Waals surface area (Å²) >= 11 is 0. The number of benzene rings is 2. The second-order valence-electron chi connectivity index (χ2n) is 10.6. The van der Waals surface area contributed by atoms with Crippen LogP contribution in [0.2, 0.25) is 0 Å². The maximum Gasteiger partial charge on any atom is 0.228 e. The van der Waals surface area contributed by atoms with Crippen LogP contribution in [0.3, 0.4) is 0 Å². The number of nitrogens with zero attached hydrogens (tertiary/aromatic N) is 3. The van der Waals surface area contributed by atoms with Gasteiger partial charge in [0.25, 0.3) is 0 Å². The highest BCUT2D eigenvalue weighted by atomic mass is 16.5. The average molecular weight is 508 g/mol. The zero-order chi connectivity index (χ0) is 26.1. The molecule has 2 aromatic carbocycles. The lowest BCUT2D eigenvalue weighted by molar-refractivity contribution is -0.119. The number of ketones is 1. The van der Waals surface area contributed by atoms with Crippen molar-refractivity contribution in [3.63, 3.8) is 0 Å². The summed E-state index contributed by atoms with van der Waals surface area (Å²) in [5.74, 6) is 2.89. The van der Waals surface area contributed by atoms with Gasteiger partial charge in [-0.15, -0.1) is 0 Å². The first-order valence-electron chi connectivity index (χ1n) is 13.5. The van der Waals surface area contributed by atoms with Gasteiger partial charge in [-0.3, -0.25) is 4.79 Å². The minimum atomic E-state index is 0.212. The molecule has 1 saturated carbocycles. The number of ether oxygens (including phenoxy) is 1. The number of carbonyl (C=O) groups is 1. The molecule has 0 bridgehead atoms. The summed E-state index contributed by atoms with van der Waals surface area (Å²) in [5, 5.41) is 8.89. The molecule has 3 heterocycles. The molecule has 0 spiro atoms. The van der Waals surface area contributed by atoms with Gasteiger partial charge in [0, 0.05) is 42.7 Å². The van der Waals surface area contributed by atoms with Gasteiger partial charge in [0.15, 0.2) is 0 Å². The number of aryl methyl sites for hydroxylation is 1. The maximum absolute atomic E-state index is 12.8. The zero-order valence-corrected chi connectivity index (χ0v) is 21.9. The molecule has 38 heavy (non-hydrogen) atoms. The summed E-state index contributed by atoms with van der Waals surface area (Å²) in [5.41, 5.74) is 3.59. The van der Waals surface area contributed by atoms with E-state index in [1.165, 1.54) is 0 Å². The lowest BCUT2D eigenvalue weighted by Gasteiger charge is -2.23. The largest absolute Gasteiger partial charge is 0.437 e. The van der Waals surface area contributed by atoms with E-state index < -0.39 is 0 Å². The summed E-state index contributed by atoms with van der Waals surface area (Å²) in [7, 11) is 0. The number of anilines is 1. The zero-order valence-electron chi connectivity index (χ0n) is 21.9. The third kappa shape index (κ3) is 5.11. The first kappa shape index (κ1) is 24.5. The number of carbonyl (C=O) groups excluding carboxylic acids is 1. The van der Waals surface area contributed by atoms with E-state index in [4.69, 9.17) is 9.72 Å². The van der Waals surface area contributed by atoms with Crippen molar-refractivity contribution in [2.24, 2.45) is 11.8 Å². The molecule has 2 aliphatic rings. The first-order valence-corrected chi connectivity index (χ1v) is 13.5. The molecule has 2 N–H and O–H groups in total. The van der Waals surface area contributed by atoms with Crippen LogP contribution in [0, 0.1) is 18.8 Å². The van der Waals surface area contributed by atoms with Crippen molar-refractivity contribution < 1.29 is 9.53 Å². The van der Waals surface area contributed by atoms with E-state index in [0.29, 0.717) is 36.0 Å². The van der Waals surface area contributed by atoms with Crippen molar-refractivity contribution in [2.45, 2.75) is 45.6 Å². The topological polar surface area (TPSA) is 89.0 Å². The molecule has 194 valence electrons. The highest BCUT2D eigenvalue weighted by Gasteiger charge is 2.38. The predicted octanol–water partition coefficient (Wildman–Crippen LogP) is 5.72. The highest BCUT2D eigenvalue weighted by Crippen LogP contribution is 2.41. The Hall–Kier alpha value is -3.84. The fourth-order valence-corrected chi connectivity index (χ4v) is 5.38. The van der Waals surface area contributed by atoms with Gasteiger partial charge in [-0.25, -0.2) is 15.0 Å². The van der Waals surface area contributed by atoms with E-state index in [1.54, 1.807) is 12.4 Å². The van der Waals surface area contributed by atoms with Gasteiger partial charge in [0.05, 0.1) is 11.3 Å².